The first-order valence-corrected chi connectivity index (χ1v) is 6.03. The van der Waals surface area contributed by atoms with E-state index < -0.39 is 0 Å². The average Bonchev–Trinajstić information content (AvgIpc) is 2.65. The first kappa shape index (κ1) is 10.7. The highest BCUT2D eigenvalue weighted by Crippen LogP contribution is 2.17. The predicted molar refractivity (Wildman–Crippen MR) is 61.8 cm³/mol. The van der Waals surface area contributed by atoms with E-state index in [0.29, 0.717) is 6.04 Å². The van der Waals surface area contributed by atoms with Crippen molar-refractivity contribution in [2.24, 2.45) is 5.92 Å². The van der Waals surface area contributed by atoms with Crippen molar-refractivity contribution >= 4 is 0 Å². The number of aryl methyl sites for hydroxylation is 1. The van der Waals surface area contributed by atoms with Crippen molar-refractivity contribution in [3.63, 3.8) is 0 Å². The molecule has 1 N–H and O–H groups in total. The van der Waals surface area contributed by atoms with Crippen molar-refractivity contribution in [2.45, 2.75) is 45.7 Å². The summed E-state index contributed by atoms with van der Waals surface area (Å²) in [6, 6.07) is 0.626. The molecule has 2 heterocycles. The maximum Gasteiger partial charge on any atom is 0.110 e. The third-order valence-corrected chi connectivity index (χ3v) is 3.33. The second kappa shape index (κ2) is 4.79. The van der Waals surface area contributed by atoms with E-state index in [9.17, 15) is 0 Å². The molecule has 0 radical (unpaired) electrons. The fourth-order valence-electron chi connectivity index (χ4n) is 2.41. The van der Waals surface area contributed by atoms with Gasteiger partial charge in [0.1, 0.15) is 5.82 Å². The van der Waals surface area contributed by atoms with Crippen LogP contribution < -0.4 is 5.32 Å². The van der Waals surface area contributed by atoms with E-state index in [2.05, 4.69) is 34.9 Å². The molecule has 2 rings (SSSR count). The summed E-state index contributed by atoms with van der Waals surface area (Å²) < 4.78 is 2.24. The van der Waals surface area contributed by atoms with E-state index in [1.807, 2.05) is 6.20 Å². The van der Waals surface area contributed by atoms with Crippen LogP contribution in [0, 0.1) is 5.92 Å². The number of imidazole rings is 1. The van der Waals surface area contributed by atoms with E-state index in [4.69, 9.17) is 0 Å². The summed E-state index contributed by atoms with van der Waals surface area (Å²) in [7, 11) is 0. The van der Waals surface area contributed by atoms with Gasteiger partial charge in [-0.3, -0.25) is 0 Å². The Hall–Kier alpha value is -0.830. The van der Waals surface area contributed by atoms with Gasteiger partial charge in [-0.15, -0.1) is 0 Å². The number of hydrogen-bond donors (Lipinski definition) is 1. The Kier molecular flexibility index (Phi) is 3.41. The third-order valence-electron chi connectivity index (χ3n) is 3.33. The van der Waals surface area contributed by atoms with Crippen molar-refractivity contribution < 1.29 is 0 Å². The summed E-state index contributed by atoms with van der Waals surface area (Å²) in [6.45, 7) is 6.71. The van der Waals surface area contributed by atoms with Gasteiger partial charge in [0.25, 0.3) is 0 Å². The number of nitrogens with one attached hydrogen (secondary N) is 1. The van der Waals surface area contributed by atoms with Gasteiger partial charge in [0.2, 0.25) is 0 Å². The lowest BCUT2D eigenvalue weighted by Crippen LogP contribution is -2.39. The van der Waals surface area contributed by atoms with Crippen molar-refractivity contribution in [1.29, 1.82) is 0 Å². The molecule has 2 atom stereocenters. The van der Waals surface area contributed by atoms with E-state index in [-0.39, 0.29) is 0 Å². The lowest BCUT2D eigenvalue weighted by atomic mass is 9.92. The Labute approximate surface area is 91.9 Å². The van der Waals surface area contributed by atoms with Gasteiger partial charge < -0.3 is 9.88 Å². The average molecular weight is 207 g/mol. The maximum absolute atomic E-state index is 4.43. The SMILES string of the molecule is CCn1ccnc1CC1CC(C)CCN1. The molecule has 2 unspecified atom stereocenters. The van der Waals surface area contributed by atoms with Crippen molar-refractivity contribution in [3.05, 3.63) is 18.2 Å². The van der Waals surface area contributed by atoms with E-state index in [1.54, 1.807) is 0 Å². The van der Waals surface area contributed by atoms with Crippen LogP contribution in [0.4, 0.5) is 0 Å². The fraction of sp³-hybridized carbons (Fsp3) is 0.750. The van der Waals surface area contributed by atoms with Crippen LogP contribution in [-0.4, -0.2) is 22.1 Å². The van der Waals surface area contributed by atoms with Gasteiger partial charge in [-0.2, -0.15) is 0 Å². The minimum Gasteiger partial charge on any atom is -0.335 e. The van der Waals surface area contributed by atoms with Crippen molar-refractivity contribution in [2.75, 3.05) is 6.54 Å². The minimum absolute atomic E-state index is 0.626. The second-order valence-corrected chi connectivity index (χ2v) is 4.61. The molecule has 0 amide bonds. The summed E-state index contributed by atoms with van der Waals surface area (Å²) in [5.74, 6) is 2.09. The first-order valence-electron chi connectivity index (χ1n) is 6.03. The summed E-state index contributed by atoms with van der Waals surface area (Å²) >= 11 is 0. The zero-order valence-electron chi connectivity index (χ0n) is 9.74. The van der Waals surface area contributed by atoms with Gasteiger partial charge in [0.15, 0.2) is 0 Å². The molecule has 0 aliphatic carbocycles. The normalized spacial score (nSPS) is 26.8. The van der Waals surface area contributed by atoms with Gasteiger partial charge in [-0.1, -0.05) is 6.92 Å². The molecule has 1 saturated heterocycles. The zero-order chi connectivity index (χ0) is 10.7. The smallest absolute Gasteiger partial charge is 0.110 e. The van der Waals surface area contributed by atoms with E-state index in [1.165, 1.54) is 25.2 Å². The summed E-state index contributed by atoms with van der Waals surface area (Å²) in [5, 5.41) is 3.59. The molecule has 0 bridgehead atoms. The molecule has 0 aromatic carbocycles. The number of piperidine rings is 1. The van der Waals surface area contributed by atoms with Gasteiger partial charge in [0.05, 0.1) is 0 Å². The molecule has 3 heteroatoms. The largest absolute Gasteiger partial charge is 0.335 e. The lowest BCUT2D eigenvalue weighted by Gasteiger charge is -2.28. The molecular weight excluding hydrogens is 186 g/mol. The van der Waals surface area contributed by atoms with Crippen LogP contribution in [0.3, 0.4) is 0 Å². The highest BCUT2D eigenvalue weighted by atomic mass is 15.1. The quantitative estimate of drug-likeness (QED) is 0.819. The number of hydrogen-bond acceptors (Lipinski definition) is 2. The van der Waals surface area contributed by atoms with Crippen LogP contribution in [0.15, 0.2) is 12.4 Å². The van der Waals surface area contributed by atoms with Crippen LogP contribution in [0.25, 0.3) is 0 Å². The Bertz CT molecular complexity index is 306. The molecule has 3 nitrogen and oxygen atoms in total. The molecule has 84 valence electrons. The van der Waals surface area contributed by atoms with Crippen molar-refractivity contribution in [1.82, 2.24) is 14.9 Å². The number of aromatic nitrogens is 2. The minimum atomic E-state index is 0.626. The van der Waals surface area contributed by atoms with Gasteiger partial charge in [-0.25, -0.2) is 4.98 Å². The Morgan fingerprint density at radius 2 is 2.47 bits per heavy atom. The first-order chi connectivity index (χ1) is 7.29. The highest BCUT2D eigenvalue weighted by Gasteiger charge is 2.19. The van der Waals surface area contributed by atoms with Gasteiger partial charge in [0, 0.05) is 31.4 Å². The summed E-state index contributed by atoms with van der Waals surface area (Å²) in [4.78, 5) is 4.43. The molecule has 1 fully saturated rings. The second-order valence-electron chi connectivity index (χ2n) is 4.61. The molecule has 1 aromatic heterocycles. The monoisotopic (exact) mass is 207 g/mol. The molecular formula is C12H21N3. The molecule has 15 heavy (non-hydrogen) atoms. The molecule has 1 aromatic rings. The van der Waals surface area contributed by atoms with Crippen LogP contribution in [0.5, 0.6) is 0 Å². The lowest BCUT2D eigenvalue weighted by molar-refractivity contribution is 0.314. The molecule has 1 aliphatic rings. The van der Waals surface area contributed by atoms with Crippen LogP contribution in [0.1, 0.15) is 32.5 Å². The van der Waals surface area contributed by atoms with Crippen LogP contribution in [-0.2, 0) is 13.0 Å². The van der Waals surface area contributed by atoms with Crippen LogP contribution in [0.2, 0.25) is 0 Å². The highest BCUT2D eigenvalue weighted by molar-refractivity contribution is 4.96. The molecule has 0 spiro atoms. The topological polar surface area (TPSA) is 29.9 Å². The summed E-state index contributed by atoms with van der Waals surface area (Å²) in [6.07, 6.45) is 7.66. The summed E-state index contributed by atoms with van der Waals surface area (Å²) in [5.41, 5.74) is 0. The Morgan fingerprint density at radius 3 is 3.20 bits per heavy atom. The number of rotatable bonds is 3. The van der Waals surface area contributed by atoms with Crippen molar-refractivity contribution in [3.8, 4) is 0 Å². The third kappa shape index (κ3) is 2.59. The Morgan fingerprint density at radius 1 is 1.60 bits per heavy atom. The van der Waals surface area contributed by atoms with Gasteiger partial charge in [-0.05, 0) is 32.2 Å². The Balaban J connectivity index is 1.96. The maximum atomic E-state index is 4.43. The fourth-order valence-corrected chi connectivity index (χ4v) is 2.41. The van der Waals surface area contributed by atoms with Gasteiger partial charge >= 0.3 is 0 Å². The molecule has 0 saturated carbocycles. The molecule has 1 aliphatic heterocycles. The standard InChI is InChI=1S/C12H21N3/c1-3-15-7-6-14-12(15)9-11-8-10(2)4-5-13-11/h6-7,10-11,13H,3-5,8-9H2,1-2H3. The van der Waals surface area contributed by atoms with Crippen LogP contribution >= 0.6 is 0 Å². The van der Waals surface area contributed by atoms with E-state index >= 15 is 0 Å². The number of nitrogens with zero attached hydrogens (tertiary/aromatic N) is 2. The van der Waals surface area contributed by atoms with E-state index in [0.717, 1.165) is 18.9 Å². The zero-order valence-corrected chi connectivity index (χ0v) is 9.74. The predicted octanol–water partition coefficient (Wildman–Crippen LogP) is 1.83.